The van der Waals surface area contributed by atoms with Gasteiger partial charge in [-0.2, -0.15) is 0 Å². The molecule has 14 heavy (non-hydrogen) atoms. The number of aliphatic carboxylic acids is 1. The van der Waals surface area contributed by atoms with Crippen LogP contribution in [0.15, 0.2) is 24.3 Å². The highest BCUT2D eigenvalue weighted by Crippen LogP contribution is 2.22. The number of carbonyl (C=O) groups is 1. The average Bonchev–Trinajstić information content (AvgIpc) is 2.17. The fourth-order valence-corrected chi connectivity index (χ4v) is 1.45. The van der Waals surface area contributed by atoms with Gasteiger partial charge in [-0.25, -0.2) is 4.79 Å². The molecule has 3 N–H and O–H groups in total. The van der Waals surface area contributed by atoms with Crippen LogP contribution in [-0.2, 0) is 16.8 Å². The van der Waals surface area contributed by atoms with Gasteiger partial charge in [0, 0.05) is 0 Å². The van der Waals surface area contributed by atoms with Crippen molar-refractivity contribution in [1.82, 2.24) is 0 Å². The summed E-state index contributed by atoms with van der Waals surface area (Å²) < 4.78 is 0. The van der Waals surface area contributed by atoms with E-state index >= 15 is 0 Å². The quantitative estimate of drug-likeness (QED) is 0.764. The van der Waals surface area contributed by atoms with E-state index in [4.69, 9.17) is 10.8 Å². The van der Waals surface area contributed by atoms with Crippen molar-refractivity contribution in [2.75, 3.05) is 0 Å². The summed E-state index contributed by atoms with van der Waals surface area (Å²) in [5.74, 6) is -1.00. The van der Waals surface area contributed by atoms with E-state index in [2.05, 4.69) is 0 Å². The van der Waals surface area contributed by atoms with E-state index in [-0.39, 0.29) is 0 Å². The number of aryl methyl sites for hydroxylation is 1. The van der Waals surface area contributed by atoms with Crippen molar-refractivity contribution < 1.29 is 9.90 Å². The molecule has 76 valence electrons. The van der Waals surface area contributed by atoms with Gasteiger partial charge in [0.25, 0.3) is 0 Å². The minimum absolute atomic E-state index is 0.690. The van der Waals surface area contributed by atoms with Gasteiger partial charge in [-0.1, -0.05) is 31.2 Å². The minimum atomic E-state index is -1.30. The van der Waals surface area contributed by atoms with Gasteiger partial charge in [-0.05, 0) is 24.5 Å². The first-order valence-electron chi connectivity index (χ1n) is 4.60. The van der Waals surface area contributed by atoms with Gasteiger partial charge in [-0.15, -0.1) is 0 Å². The van der Waals surface area contributed by atoms with Gasteiger partial charge >= 0.3 is 5.97 Å². The molecule has 0 bridgehead atoms. The van der Waals surface area contributed by atoms with E-state index in [1.54, 1.807) is 6.07 Å². The molecule has 1 atom stereocenters. The molecule has 0 radical (unpaired) electrons. The largest absolute Gasteiger partial charge is 0.480 e. The third-order valence-electron chi connectivity index (χ3n) is 2.40. The summed E-state index contributed by atoms with van der Waals surface area (Å²) in [5, 5.41) is 8.99. The molecular weight excluding hydrogens is 178 g/mol. The Morgan fingerprint density at radius 1 is 1.50 bits per heavy atom. The molecule has 3 nitrogen and oxygen atoms in total. The topological polar surface area (TPSA) is 63.3 Å². The zero-order valence-corrected chi connectivity index (χ0v) is 8.45. The van der Waals surface area contributed by atoms with Crippen LogP contribution in [0.25, 0.3) is 0 Å². The Balaban J connectivity index is 3.24. The summed E-state index contributed by atoms with van der Waals surface area (Å²) in [6, 6.07) is 7.37. The molecule has 0 aliphatic carbocycles. The lowest BCUT2D eigenvalue weighted by Crippen LogP contribution is -2.42. The van der Waals surface area contributed by atoms with E-state index < -0.39 is 11.5 Å². The zero-order chi connectivity index (χ0) is 10.8. The molecule has 0 fully saturated rings. The zero-order valence-electron chi connectivity index (χ0n) is 8.45. The highest BCUT2D eigenvalue weighted by atomic mass is 16.4. The molecule has 1 rings (SSSR count). The fourth-order valence-electron chi connectivity index (χ4n) is 1.45. The van der Waals surface area contributed by atoms with Gasteiger partial charge in [0.2, 0.25) is 0 Å². The maximum absolute atomic E-state index is 11.0. The first-order chi connectivity index (χ1) is 6.50. The molecular formula is C11H15NO2. The van der Waals surface area contributed by atoms with Crippen LogP contribution < -0.4 is 5.73 Å². The number of rotatable bonds is 3. The Labute approximate surface area is 83.6 Å². The molecule has 0 unspecified atom stereocenters. The fraction of sp³-hybridized carbons (Fsp3) is 0.364. The molecule has 0 heterocycles. The van der Waals surface area contributed by atoms with Crippen molar-refractivity contribution in [3.63, 3.8) is 0 Å². The van der Waals surface area contributed by atoms with Crippen molar-refractivity contribution in [2.45, 2.75) is 25.8 Å². The van der Waals surface area contributed by atoms with E-state index in [9.17, 15) is 4.79 Å². The van der Waals surface area contributed by atoms with Crippen molar-refractivity contribution in [1.29, 1.82) is 0 Å². The Kier molecular flexibility index (Phi) is 2.91. The summed E-state index contributed by atoms with van der Waals surface area (Å²) >= 11 is 0. The molecule has 0 aliphatic heterocycles. The number of hydrogen-bond donors (Lipinski definition) is 2. The normalized spacial score (nSPS) is 14.8. The van der Waals surface area contributed by atoms with Gasteiger partial charge in [0.1, 0.15) is 5.54 Å². The predicted molar refractivity (Wildman–Crippen MR) is 55.0 cm³/mol. The lowest BCUT2D eigenvalue weighted by Gasteiger charge is -2.22. The van der Waals surface area contributed by atoms with Crippen LogP contribution in [0.4, 0.5) is 0 Å². The Morgan fingerprint density at radius 3 is 2.57 bits per heavy atom. The van der Waals surface area contributed by atoms with Crippen LogP contribution >= 0.6 is 0 Å². The van der Waals surface area contributed by atoms with Crippen molar-refractivity contribution in [2.24, 2.45) is 5.73 Å². The van der Waals surface area contributed by atoms with E-state index in [1.807, 2.05) is 25.1 Å². The number of carboxylic acids is 1. The van der Waals surface area contributed by atoms with E-state index in [0.717, 1.165) is 12.0 Å². The third-order valence-corrected chi connectivity index (χ3v) is 2.40. The summed E-state index contributed by atoms with van der Waals surface area (Å²) in [6.07, 6.45) is 0.788. The predicted octanol–water partition coefficient (Wildman–Crippen LogP) is 1.51. The van der Waals surface area contributed by atoms with Gasteiger partial charge in [0.15, 0.2) is 0 Å². The third kappa shape index (κ3) is 1.77. The van der Waals surface area contributed by atoms with Gasteiger partial charge < -0.3 is 10.8 Å². The van der Waals surface area contributed by atoms with Crippen molar-refractivity contribution in [3.05, 3.63) is 35.4 Å². The second kappa shape index (κ2) is 3.80. The van der Waals surface area contributed by atoms with E-state index in [1.165, 1.54) is 6.92 Å². The maximum Gasteiger partial charge on any atom is 0.328 e. The van der Waals surface area contributed by atoms with Crippen LogP contribution in [0, 0.1) is 0 Å². The molecule has 1 aromatic carbocycles. The second-order valence-electron chi connectivity index (χ2n) is 3.52. The summed E-state index contributed by atoms with van der Waals surface area (Å²) in [4.78, 5) is 11.0. The van der Waals surface area contributed by atoms with Crippen LogP contribution in [0.3, 0.4) is 0 Å². The van der Waals surface area contributed by atoms with Crippen LogP contribution in [-0.4, -0.2) is 11.1 Å². The van der Waals surface area contributed by atoms with E-state index in [0.29, 0.717) is 5.56 Å². The summed E-state index contributed by atoms with van der Waals surface area (Å²) in [5.41, 5.74) is 6.13. The summed E-state index contributed by atoms with van der Waals surface area (Å²) in [7, 11) is 0. The smallest absolute Gasteiger partial charge is 0.328 e. The highest BCUT2D eigenvalue weighted by Gasteiger charge is 2.31. The maximum atomic E-state index is 11.0. The molecule has 0 saturated carbocycles. The minimum Gasteiger partial charge on any atom is -0.480 e. The first-order valence-corrected chi connectivity index (χ1v) is 4.60. The molecule has 0 saturated heterocycles. The Bertz CT molecular complexity index is 345. The van der Waals surface area contributed by atoms with Crippen molar-refractivity contribution >= 4 is 5.97 Å². The molecule has 1 aromatic rings. The molecule has 0 spiro atoms. The highest BCUT2D eigenvalue weighted by molar-refractivity contribution is 5.80. The lowest BCUT2D eigenvalue weighted by molar-refractivity contribution is -0.143. The van der Waals surface area contributed by atoms with Crippen LogP contribution in [0.2, 0.25) is 0 Å². The van der Waals surface area contributed by atoms with Gasteiger partial charge in [-0.3, -0.25) is 0 Å². The lowest BCUT2D eigenvalue weighted by atomic mass is 9.88. The molecule has 0 aliphatic rings. The molecule has 0 amide bonds. The monoisotopic (exact) mass is 193 g/mol. The number of hydrogen-bond acceptors (Lipinski definition) is 2. The number of nitrogens with two attached hydrogens (primary N) is 1. The number of carboxylic acid groups (broad SMARTS) is 1. The standard InChI is InChI=1S/C11H15NO2/c1-3-8-6-4-5-7-9(8)11(2,12)10(13)14/h4-7H,3,12H2,1-2H3,(H,13,14)/t11-/m1/s1. The molecule has 3 heteroatoms. The molecule has 0 aromatic heterocycles. The van der Waals surface area contributed by atoms with Crippen LogP contribution in [0.1, 0.15) is 25.0 Å². The van der Waals surface area contributed by atoms with Crippen molar-refractivity contribution in [3.8, 4) is 0 Å². The Hall–Kier alpha value is -1.35. The van der Waals surface area contributed by atoms with Gasteiger partial charge in [0.05, 0.1) is 0 Å². The summed E-state index contributed by atoms with van der Waals surface area (Å²) in [6.45, 7) is 3.50. The number of benzene rings is 1. The second-order valence-corrected chi connectivity index (χ2v) is 3.52. The first kappa shape index (κ1) is 10.7. The SMILES string of the molecule is CCc1ccccc1[C@@](C)(N)C(=O)O. The Morgan fingerprint density at radius 2 is 2.07 bits per heavy atom. The van der Waals surface area contributed by atoms with Crippen LogP contribution in [0.5, 0.6) is 0 Å². The average molecular weight is 193 g/mol.